The average Bonchev–Trinajstić information content (AvgIpc) is 2.84. The molecule has 0 unspecified atom stereocenters. The summed E-state index contributed by atoms with van der Waals surface area (Å²) in [5, 5.41) is 11.6. The molecule has 4 rings (SSSR count). The quantitative estimate of drug-likeness (QED) is 0.139. The third-order valence-electron chi connectivity index (χ3n) is 4.52. The van der Waals surface area contributed by atoms with Crippen molar-refractivity contribution >= 4 is 17.4 Å². The Bertz CT molecular complexity index is 1220. The highest BCUT2D eigenvalue weighted by atomic mass is 32.2. The zero-order chi connectivity index (χ0) is 22.3. The minimum atomic E-state index is -0.401. The van der Waals surface area contributed by atoms with E-state index in [2.05, 4.69) is 9.97 Å². The highest BCUT2D eigenvalue weighted by Crippen LogP contribution is 2.30. The van der Waals surface area contributed by atoms with Crippen molar-refractivity contribution < 1.29 is 14.4 Å². The second kappa shape index (κ2) is 9.93. The first-order valence-corrected chi connectivity index (χ1v) is 10.7. The van der Waals surface area contributed by atoms with Crippen molar-refractivity contribution in [3.05, 3.63) is 101 Å². The van der Waals surface area contributed by atoms with E-state index >= 15 is 0 Å². The standard InChI is InChI=1S/C24H19N3O4S/c1-30-20-10-12-21(13-11-20)31-23-15-22(18-7-3-2-4-8-18)25-24(26-23)32-16-17-6-5-9-19(14-17)27(28)29/h2-15H,16H2,1H3. The van der Waals surface area contributed by atoms with Gasteiger partial charge in [0.2, 0.25) is 5.88 Å². The molecule has 7 nitrogen and oxygen atoms in total. The van der Waals surface area contributed by atoms with Crippen LogP contribution < -0.4 is 9.47 Å². The minimum absolute atomic E-state index is 0.0607. The highest BCUT2D eigenvalue weighted by Gasteiger charge is 2.11. The van der Waals surface area contributed by atoms with E-state index in [4.69, 9.17) is 9.47 Å². The number of rotatable bonds is 8. The number of aromatic nitrogens is 2. The van der Waals surface area contributed by atoms with Crippen molar-refractivity contribution in [3.8, 4) is 28.6 Å². The van der Waals surface area contributed by atoms with Crippen molar-refractivity contribution in [2.45, 2.75) is 10.9 Å². The molecule has 0 aliphatic heterocycles. The summed E-state index contributed by atoms with van der Waals surface area (Å²) >= 11 is 1.39. The van der Waals surface area contributed by atoms with Gasteiger partial charge in [-0.2, -0.15) is 4.98 Å². The number of ether oxygens (including phenoxy) is 2. The Labute approximate surface area is 189 Å². The van der Waals surface area contributed by atoms with Crippen molar-refractivity contribution in [2.24, 2.45) is 0 Å². The Morgan fingerprint density at radius 3 is 2.38 bits per heavy atom. The summed E-state index contributed by atoms with van der Waals surface area (Å²) in [4.78, 5) is 19.8. The Balaban J connectivity index is 1.61. The lowest BCUT2D eigenvalue weighted by Gasteiger charge is -2.10. The fraction of sp³-hybridized carbons (Fsp3) is 0.0833. The summed E-state index contributed by atoms with van der Waals surface area (Å²) in [6.07, 6.45) is 0. The van der Waals surface area contributed by atoms with Gasteiger partial charge >= 0.3 is 0 Å². The molecule has 1 aromatic heterocycles. The number of benzene rings is 3. The molecule has 0 radical (unpaired) electrons. The molecule has 0 saturated carbocycles. The summed E-state index contributed by atoms with van der Waals surface area (Å²) < 4.78 is 11.2. The smallest absolute Gasteiger partial charge is 0.269 e. The molecule has 0 fully saturated rings. The van der Waals surface area contributed by atoms with Crippen molar-refractivity contribution in [3.63, 3.8) is 0 Å². The Morgan fingerprint density at radius 2 is 1.66 bits per heavy atom. The lowest BCUT2D eigenvalue weighted by Crippen LogP contribution is -1.96. The zero-order valence-corrected chi connectivity index (χ0v) is 18.0. The maximum atomic E-state index is 11.0. The number of nitrogens with zero attached hydrogens (tertiary/aromatic N) is 3. The number of methoxy groups -OCH3 is 1. The molecular weight excluding hydrogens is 426 g/mol. The van der Waals surface area contributed by atoms with Crippen molar-refractivity contribution in [1.29, 1.82) is 0 Å². The van der Waals surface area contributed by atoms with Gasteiger partial charge in [0, 0.05) is 29.5 Å². The summed E-state index contributed by atoms with van der Waals surface area (Å²) in [6, 6.07) is 25.3. The van der Waals surface area contributed by atoms with Crippen LogP contribution in [0.3, 0.4) is 0 Å². The molecule has 0 amide bonds. The number of nitro benzene ring substituents is 1. The van der Waals surface area contributed by atoms with E-state index in [-0.39, 0.29) is 5.69 Å². The van der Waals surface area contributed by atoms with E-state index in [0.29, 0.717) is 22.5 Å². The van der Waals surface area contributed by atoms with Gasteiger partial charge in [-0.1, -0.05) is 54.2 Å². The normalized spacial score (nSPS) is 10.5. The van der Waals surface area contributed by atoms with E-state index in [1.165, 1.54) is 17.8 Å². The minimum Gasteiger partial charge on any atom is -0.497 e. The third-order valence-corrected chi connectivity index (χ3v) is 5.44. The summed E-state index contributed by atoms with van der Waals surface area (Å²) in [7, 11) is 1.61. The molecule has 32 heavy (non-hydrogen) atoms. The lowest BCUT2D eigenvalue weighted by atomic mass is 10.1. The van der Waals surface area contributed by atoms with Crippen molar-refractivity contribution in [2.75, 3.05) is 7.11 Å². The number of hydrogen-bond acceptors (Lipinski definition) is 7. The largest absolute Gasteiger partial charge is 0.497 e. The van der Waals surface area contributed by atoms with Crippen molar-refractivity contribution in [1.82, 2.24) is 9.97 Å². The Hall–Kier alpha value is -3.91. The first kappa shape index (κ1) is 21.3. The van der Waals surface area contributed by atoms with Crippen LogP contribution in [0.15, 0.2) is 90.1 Å². The average molecular weight is 446 g/mol. The molecule has 3 aromatic carbocycles. The molecule has 0 atom stereocenters. The SMILES string of the molecule is COc1ccc(Oc2cc(-c3ccccc3)nc(SCc3cccc([N+](=O)[O-])c3)n2)cc1. The molecule has 0 N–H and O–H groups in total. The van der Waals surface area contributed by atoms with E-state index in [1.54, 1.807) is 37.4 Å². The molecule has 0 aliphatic rings. The monoisotopic (exact) mass is 445 g/mol. The maximum Gasteiger partial charge on any atom is 0.269 e. The first-order valence-electron chi connectivity index (χ1n) is 9.73. The van der Waals surface area contributed by atoms with E-state index in [0.717, 1.165) is 22.6 Å². The number of non-ortho nitro benzene ring substituents is 1. The highest BCUT2D eigenvalue weighted by molar-refractivity contribution is 7.98. The van der Waals surface area contributed by atoms with Crippen LogP contribution in [0.4, 0.5) is 5.69 Å². The maximum absolute atomic E-state index is 11.0. The molecule has 1 heterocycles. The molecule has 0 spiro atoms. The topological polar surface area (TPSA) is 87.4 Å². The van der Waals surface area contributed by atoms with Crippen LogP contribution in [0.2, 0.25) is 0 Å². The molecule has 160 valence electrons. The summed E-state index contributed by atoms with van der Waals surface area (Å²) in [6.45, 7) is 0. The number of nitro groups is 1. The van der Waals surface area contributed by atoms with Gasteiger partial charge in [0.25, 0.3) is 5.69 Å². The fourth-order valence-electron chi connectivity index (χ4n) is 2.95. The van der Waals surface area contributed by atoms with Gasteiger partial charge in [-0.3, -0.25) is 10.1 Å². The van der Waals surface area contributed by atoms with Gasteiger partial charge in [0.05, 0.1) is 17.7 Å². The van der Waals surface area contributed by atoms with Gasteiger partial charge in [-0.05, 0) is 29.8 Å². The van der Waals surface area contributed by atoms with E-state index in [9.17, 15) is 10.1 Å². The molecule has 0 bridgehead atoms. The second-order valence-electron chi connectivity index (χ2n) is 6.73. The summed E-state index contributed by atoms with van der Waals surface area (Å²) in [5.74, 6) is 2.25. The van der Waals surface area contributed by atoms with Gasteiger partial charge in [0.1, 0.15) is 11.5 Å². The van der Waals surface area contributed by atoms with E-state index in [1.807, 2.05) is 48.5 Å². The van der Waals surface area contributed by atoms with Crippen LogP contribution in [0, 0.1) is 10.1 Å². The van der Waals surface area contributed by atoms with Crippen LogP contribution in [0.5, 0.6) is 17.4 Å². The predicted octanol–water partition coefficient (Wildman–Crippen LogP) is 6.15. The third kappa shape index (κ3) is 5.41. The lowest BCUT2D eigenvalue weighted by molar-refractivity contribution is -0.384. The number of thioether (sulfide) groups is 1. The van der Waals surface area contributed by atoms with Crippen LogP contribution >= 0.6 is 11.8 Å². The summed E-state index contributed by atoms with van der Waals surface area (Å²) in [5.41, 5.74) is 2.54. The second-order valence-corrected chi connectivity index (χ2v) is 7.68. The molecule has 4 aromatic rings. The Morgan fingerprint density at radius 1 is 0.906 bits per heavy atom. The molecule has 8 heteroatoms. The van der Waals surface area contributed by atoms with Gasteiger partial charge in [-0.25, -0.2) is 4.98 Å². The molecule has 0 saturated heterocycles. The van der Waals surface area contributed by atoms with Gasteiger partial charge < -0.3 is 9.47 Å². The van der Waals surface area contributed by atoms with Crippen LogP contribution in [0.25, 0.3) is 11.3 Å². The number of hydrogen-bond donors (Lipinski definition) is 0. The van der Waals surface area contributed by atoms with Crippen LogP contribution in [-0.4, -0.2) is 22.0 Å². The molecule has 0 aliphatic carbocycles. The fourth-order valence-corrected chi connectivity index (χ4v) is 3.74. The van der Waals surface area contributed by atoms with Gasteiger partial charge in [-0.15, -0.1) is 0 Å². The predicted molar refractivity (Wildman–Crippen MR) is 123 cm³/mol. The molecular formula is C24H19N3O4S. The van der Waals surface area contributed by atoms with Gasteiger partial charge in [0.15, 0.2) is 5.16 Å². The van der Waals surface area contributed by atoms with E-state index < -0.39 is 4.92 Å². The Kier molecular flexibility index (Phi) is 6.62. The zero-order valence-electron chi connectivity index (χ0n) is 17.2. The first-order chi connectivity index (χ1) is 15.6. The van der Waals surface area contributed by atoms with Crippen LogP contribution in [-0.2, 0) is 5.75 Å². The van der Waals surface area contributed by atoms with Crippen LogP contribution in [0.1, 0.15) is 5.56 Å².